The van der Waals surface area contributed by atoms with Gasteiger partial charge in [-0.3, -0.25) is 0 Å². The van der Waals surface area contributed by atoms with Crippen molar-refractivity contribution < 1.29 is 47.4 Å². The summed E-state index contributed by atoms with van der Waals surface area (Å²) >= 11 is 0. The summed E-state index contributed by atoms with van der Waals surface area (Å²) < 4.78 is 49.7. The highest BCUT2D eigenvalue weighted by molar-refractivity contribution is 5.91. The maximum Gasteiger partial charge on any atom is 0.343 e. The van der Waals surface area contributed by atoms with Crippen molar-refractivity contribution in [1.29, 1.82) is 0 Å². The van der Waals surface area contributed by atoms with Crippen LogP contribution in [0.3, 0.4) is 0 Å². The molecular weight excluding hydrogens is 604 g/mol. The molecule has 2 heterocycles. The largest absolute Gasteiger partial charge is 0.468 e. The highest BCUT2D eigenvalue weighted by Gasteiger charge is 2.29. The van der Waals surface area contributed by atoms with E-state index in [-0.39, 0.29) is 38.5 Å². The highest BCUT2D eigenvalue weighted by Crippen LogP contribution is 2.48. The van der Waals surface area contributed by atoms with Gasteiger partial charge in [0.15, 0.2) is 13.6 Å². The van der Waals surface area contributed by atoms with Crippen LogP contribution in [0.2, 0.25) is 0 Å². The van der Waals surface area contributed by atoms with E-state index in [0.29, 0.717) is 47.5 Å². The van der Waals surface area contributed by atoms with Crippen LogP contribution in [-0.2, 0) is 18.9 Å². The highest BCUT2D eigenvalue weighted by atomic mass is 16.7. The van der Waals surface area contributed by atoms with Gasteiger partial charge >= 0.3 is 5.97 Å². The molecule has 0 aromatic heterocycles. The van der Waals surface area contributed by atoms with Crippen molar-refractivity contribution in [2.45, 2.75) is 31.5 Å². The van der Waals surface area contributed by atoms with Gasteiger partial charge < -0.3 is 42.6 Å². The molecule has 4 aromatic carbocycles. The number of carbonyl (C=O) groups excluding carboxylic acids is 1. The molecule has 2 aliphatic heterocycles. The van der Waals surface area contributed by atoms with Crippen LogP contribution in [0.25, 0.3) is 11.1 Å². The Balaban J connectivity index is 0.912. The van der Waals surface area contributed by atoms with Crippen LogP contribution in [-0.4, -0.2) is 65.0 Å². The molecule has 47 heavy (non-hydrogen) atoms. The van der Waals surface area contributed by atoms with Crippen LogP contribution in [0.15, 0.2) is 84.9 Å². The Morgan fingerprint density at radius 1 is 0.617 bits per heavy atom. The lowest BCUT2D eigenvalue weighted by Gasteiger charge is -2.14. The van der Waals surface area contributed by atoms with E-state index in [4.69, 9.17) is 42.6 Å². The van der Waals surface area contributed by atoms with Crippen LogP contribution in [0.1, 0.15) is 40.7 Å². The fourth-order valence-electron chi connectivity index (χ4n) is 5.47. The first kappa shape index (κ1) is 31.0. The molecule has 10 heteroatoms. The van der Waals surface area contributed by atoms with Crippen molar-refractivity contribution in [1.82, 2.24) is 0 Å². The molecule has 3 unspecified atom stereocenters. The van der Waals surface area contributed by atoms with E-state index in [2.05, 4.69) is 19.1 Å². The average Bonchev–Trinajstić information content (AvgIpc) is 4.04. The lowest BCUT2D eigenvalue weighted by atomic mass is 9.94. The minimum Gasteiger partial charge on any atom is -0.468 e. The zero-order valence-electron chi connectivity index (χ0n) is 26.1. The quantitative estimate of drug-likeness (QED) is 0.0426. The lowest BCUT2D eigenvalue weighted by Crippen LogP contribution is -2.10. The van der Waals surface area contributed by atoms with Crippen LogP contribution >= 0.6 is 0 Å². The molecule has 0 amide bonds. The van der Waals surface area contributed by atoms with Gasteiger partial charge in [-0.25, -0.2) is 4.79 Å². The number of carbonyl (C=O) groups is 1. The second-order valence-corrected chi connectivity index (χ2v) is 11.4. The summed E-state index contributed by atoms with van der Waals surface area (Å²) in [6, 6.07) is 26.0. The van der Waals surface area contributed by atoms with Crippen LogP contribution < -0.4 is 23.7 Å². The van der Waals surface area contributed by atoms with Crippen molar-refractivity contribution in [2.24, 2.45) is 0 Å². The van der Waals surface area contributed by atoms with E-state index in [1.165, 1.54) is 5.56 Å². The van der Waals surface area contributed by atoms with Gasteiger partial charge in [0.2, 0.25) is 6.79 Å². The van der Waals surface area contributed by atoms with Gasteiger partial charge in [-0.1, -0.05) is 19.1 Å². The smallest absolute Gasteiger partial charge is 0.343 e. The molecule has 0 spiro atoms. The van der Waals surface area contributed by atoms with Crippen LogP contribution in [0.5, 0.6) is 28.7 Å². The number of epoxide rings is 2. The van der Waals surface area contributed by atoms with E-state index in [1.54, 1.807) is 24.3 Å². The predicted octanol–water partition coefficient (Wildman–Crippen LogP) is 6.35. The molecule has 10 nitrogen and oxygen atoms in total. The molecule has 3 atom stereocenters. The van der Waals surface area contributed by atoms with E-state index in [9.17, 15) is 4.79 Å². The molecule has 1 aliphatic carbocycles. The minimum absolute atomic E-state index is 0.0596. The van der Waals surface area contributed by atoms with Gasteiger partial charge in [-0.05, 0) is 101 Å². The SMILES string of the molecule is CCC1c2cc(OCOc3ccc(OCOCC4CO4)cc3)ccc2-c2ccc(OC(=O)c3ccc(OCOCC4CO4)cc3)cc21. The van der Waals surface area contributed by atoms with Crippen molar-refractivity contribution >= 4 is 5.97 Å². The third-order valence-corrected chi connectivity index (χ3v) is 8.10. The Morgan fingerprint density at radius 2 is 1.06 bits per heavy atom. The Kier molecular flexibility index (Phi) is 9.53. The molecule has 7 rings (SSSR count). The lowest BCUT2D eigenvalue weighted by molar-refractivity contribution is 0.00806. The third kappa shape index (κ3) is 8.04. The number of hydrogen-bond donors (Lipinski definition) is 0. The standard InChI is InChI=1S/C37H36O10/c1-2-32-35-15-28(46-23-45-27-9-7-26(8-10-27)44-22-40-18-31-20-42-31)11-13-33(35)34-14-12-29(16-36(32)34)47-37(38)24-3-5-25(6-4-24)43-21-39-17-30-19-41-30/h3-16,30-32H,2,17-23H2,1H3. The number of esters is 1. The molecule has 2 saturated heterocycles. The predicted molar refractivity (Wildman–Crippen MR) is 170 cm³/mol. The zero-order chi connectivity index (χ0) is 32.0. The van der Waals surface area contributed by atoms with Crippen molar-refractivity contribution in [3.05, 3.63) is 102 Å². The normalized spacial score (nSPS) is 18.5. The number of fused-ring (bicyclic) bond motifs is 3. The van der Waals surface area contributed by atoms with Crippen LogP contribution in [0.4, 0.5) is 0 Å². The number of hydrogen-bond acceptors (Lipinski definition) is 10. The van der Waals surface area contributed by atoms with Gasteiger partial charge in [0.05, 0.1) is 32.0 Å². The summed E-state index contributed by atoms with van der Waals surface area (Å²) in [6.07, 6.45) is 1.28. The Labute approximate surface area is 273 Å². The van der Waals surface area contributed by atoms with Gasteiger partial charge in [0.25, 0.3) is 0 Å². The maximum absolute atomic E-state index is 12.9. The molecule has 4 aromatic rings. The Hall–Kier alpha value is -4.61. The Morgan fingerprint density at radius 3 is 1.60 bits per heavy atom. The maximum atomic E-state index is 12.9. The summed E-state index contributed by atoms with van der Waals surface area (Å²) in [6.45, 7) is 5.06. The summed E-state index contributed by atoms with van der Waals surface area (Å²) in [5.41, 5.74) is 4.99. The summed E-state index contributed by atoms with van der Waals surface area (Å²) in [5.74, 6) is 2.89. The molecular formula is C37H36O10. The van der Waals surface area contributed by atoms with Crippen LogP contribution in [0, 0.1) is 0 Å². The van der Waals surface area contributed by atoms with Gasteiger partial charge in [-0.15, -0.1) is 0 Å². The van der Waals surface area contributed by atoms with Gasteiger partial charge in [0.1, 0.15) is 41.0 Å². The van der Waals surface area contributed by atoms with Gasteiger partial charge in [0, 0.05) is 5.92 Å². The van der Waals surface area contributed by atoms with Crippen molar-refractivity contribution in [3.63, 3.8) is 0 Å². The monoisotopic (exact) mass is 640 g/mol. The molecule has 244 valence electrons. The van der Waals surface area contributed by atoms with E-state index < -0.39 is 5.97 Å². The van der Waals surface area contributed by atoms with E-state index in [1.807, 2.05) is 48.5 Å². The summed E-state index contributed by atoms with van der Waals surface area (Å²) in [5, 5.41) is 0. The third-order valence-electron chi connectivity index (χ3n) is 8.10. The summed E-state index contributed by atoms with van der Waals surface area (Å²) in [4.78, 5) is 12.9. The molecule has 0 N–H and O–H groups in total. The average molecular weight is 641 g/mol. The molecule has 0 saturated carbocycles. The van der Waals surface area contributed by atoms with Gasteiger partial charge in [-0.2, -0.15) is 0 Å². The Bertz CT molecular complexity index is 1660. The second kappa shape index (κ2) is 14.4. The first-order chi connectivity index (χ1) is 23.1. The zero-order valence-corrected chi connectivity index (χ0v) is 26.1. The number of benzene rings is 4. The molecule has 3 aliphatic rings. The van der Waals surface area contributed by atoms with Crippen molar-refractivity contribution in [2.75, 3.05) is 46.8 Å². The number of rotatable bonds is 17. The fraction of sp³-hybridized carbons (Fsp3) is 0.324. The first-order valence-electron chi connectivity index (χ1n) is 15.7. The summed E-state index contributed by atoms with van der Waals surface area (Å²) in [7, 11) is 0. The van der Waals surface area contributed by atoms with E-state index in [0.717, 1.165) is 36.3 Å². The second-order valence-electron chi connectivity index (χ2n) is 11.4. The molecule has 0 bridgehead atoms. The first-order valence-corrected chi connectivity index (χ1v) is 15.7. The molecule has 0 radical (unpaired) electrons. The minimum atomic E-state index is -0.437. The topological polar surface area (TPSA) is 107 Å². The number of ether oxygens (including phenoxy) is 9. The van der Waals surface area contributed by atoms with E-state index >= 15 is 0 Å². The van der Waals surface area contributed by atoms with Crippen molar-refractivity contribution in [3.8, 4) is 39.9 Å². The fourth-order valence-corrected chi connectivity index (χ4v) is 5.47. The molecule has 2 fully saturated rings.